The highest BCUT2D eigenvalue weighted by molar-refractivity contribution is 5.96. The quantitative estimate of drug-likeness (QED) is 0.0188. The molecule has 0 bridgehead atoms. The average molecular weight is 902 g/mol. The molecule has 2 heterocycles. The fourth-order valence-corrected chi connectivity index (χ4v) is 7.81. The van der Waals surface area contributed by atoms with E-state index in [0.29, 0.717) is 31.5 Å². The molecule has 0 unspecified atom stereocenters. The van der Waals surface area contributed by atoms with Crippen molar-refractivity contribution in [3.05, 3.63) is 126 Å². The van der Waals surface area contributed by atoms with Crippen LogP contribution < -0.4 is 38.1 Å². The lowest BCUT2D eigenvalue weighted by Crippen LogP contribution is -2.59. The number of hydrogen-bond acceptors (Lipinski definition) is 7. The van der Waals surface area contributed by atoms with Crippen LogP contribution >= 0.6 is 0 Å². The second-order valence-corrected chi connectivity index (χ2v) is 16.7. The number of carbonyl (C=O) groups excluding carboxylic acids is 5. The molecule has 11 N–H and O–H groups in total. The van der Waals surface area contributed by atoms with Crippen molar-refractivity contribution in [1.82, 2.24) is 41.5 Å². The van der Waals surface area contributed by atoms with Gasteiger partial charge in [0.2, 0.25) is 29.5 Å². The predicted octanol–water partition coefficient (Wildman–Crippen LogP) is 4.41. The first-order chi connectivity index (χ1) is 32.1. The Balaban J connectivity index is 1.34. The van der Waals surface area contributed by atoms with Gasteiger partial charge in [0.15, 0.2) is 5.96 Å². The van der Waals surface area contributed by atoms with E-state index in [0.717, 1.165) is 59.7 Å². The van der Waals surface area contributed by atoms with Gasteiger partial charge in [-0.2, -0.15) is 0 Å². The first kappa shape index (κ1) is 50.0. The third kappa shape index (κ3) is 17.2. The van der Waals surface area contributed by atoms with E-state index >= 15 is 0 Å². The van der Waals surface area contributed by atoms with E-state index < -0.39 is 41.9 Å². The van der Waals surface area contributed by atoms with E-state index in [1.807, 2.05) is 91.1 Å². The molecule has 0 fully saturated rings. The molecule has 16 heteroatoms. The molecule has 3 aromatic carbocycles. The first-order valence-electron chi connectivity index (χ1n) is 23.2. The SMILES string of the molecule is CCCCCCCCNC(=O)[C@H](Cc1c[nH]c2ccccc12)NC(=O)[C@H](CCCN=C(N)N)NC(=O)[C@@H](Cc1ccccc1)NC(=O)[C@H](Cc1cnc[nH]1)NC(=O)CCCc1ccccc1. The van der Waals surface area contributed by atoms with Crippen molar-refractivity contribution in [3.8, 4) is 0 Å². The van der Waals surface area contributed by atoms with Crippen molar-refractivity contribution in [2.45, 2.75) is 121 Å². The summed E-state index contributed by atoms with van der Waals surface area (Å²) in [5.41, 5.74) is 15.4. The van der Waals surface area contributed by atoms with Gasteiger partial charge < -0.3 is 48.0 Å². The van der Waals surface area contributed by atoms with Crippen LogP contribution in [-0.2, 0) is 49.7 Å². The van der Waals surface area contributed by atoms with Crippen molar-refractivity contribution < 1.29 is 24.0 Å². The number of nitrogens with one attached hydrogen (secondary N) is 7. The molecular formula is C50H67N11O5. The molecule has 66 heavy (non-hydrogen) atoms. The van der Waals surface area contributed by atoms with Crippen LogP contribution in [0.25, 0.3) is 10.9 Å². The van der Waals surface area contributed by atoms with Crippen LogP contribution in [0.4, 0.5) is 0 Å². The minimum atomic E-state index is -1.17. The highest BCUT2D eigenvalue weighted by Gasteiger charge is 2.32. The Morgan fingerprint density at radius 2 is 1.26 bits per heavy atom. The molecule has 5 rings (SSSR count). The van der Waals surface area contributed by atoms with Gasteiger partial charge in [0.05, 0.1) is 6.33 Å². The molecule has 4 atom stereocenters. The van der Waals surface area contributed by atoms with Gasteiger partial charge in [-0.25, -0.2) is 4.98 Å². The van der Waals surface area contributed by atoms with E-state index in [-0.39, 0.29) is 56.4 Å². The molecule has 0 saturated carbocycles. The van der Waals surface area contributed by atoms with E-state index in [1.54, 1.807) is 6.20 Å². The number of hydrogen-bond donors (Lipinski definition) is 9. The summed E-state index contributed by atoms with van der Waals surface area (Å²) in [7, 11) is 0. The third-order valence-electron chi connectivity index (χ3n) is 11.4. The number of fused-ring (bicyclic) bond motifs is 1. The number of amides is 5. The van der Waals surface area contributed by atoms with Gasteiger partial charge in [-0.1, -0.05) is 118 Å². The summed E-state index contributed by atoms with van der Waals surface area (Å²) in [5, 5.41) is 15.6. The number of para-hydroxylation sites is 1. The number of carbonyl (C=O) groups is 5. The van der Waals surface area contributed by atoms with Crippen LogP contribution in [0.1, 0.15) is 93.5 Å². The highest BCUT2D eigenvalue weighted by atomic mass is 16.2. The van der Waals surface area contributed by atoms with Crippen LogP contribution in [0.3, 0.4) is 0 Å². The number of H-pyrrole nitrogens is 2. The van der Waals surface area contributed by atoms with Gasteiger partial charge in [0.25, 0.3) is 0 Å². The Bertz CT molecular complexity index is 2280. The number of unbranched alkanes of at least 4 members (excludes halogenated alkanes) is 5. The molecule has 0 radical (unpaired) electrons. The average Bonchev–Trinajstić information content (AvgIpc) is 3.99. The van der Waals surface area contributed by atoms with Crippen molar-refractivity contribution in [3.63, 3.8) is 0 Å². The zero-order valence-corrected chi connectivity index (χ0v) is 38.0. The van der Waals surface area contributed by atoms with Crippen LogP contribution in [0.5, 0.6) is 0 Å². The number of guanidine groups is 1. The maximum absolute atomic E-state index is 14.5. The van der Waals surface area contributed by atoms with Crippen molar-refractivity contribution in [2.75, 3.05) is 13.1 Å². The molecule has 0 aliphatic carbocycles. The zero-order chi connectivity index (χ0) is 46.9. The van der Waals surface area contributed by atoms with Crippen LogP contribution in [0.2, 0.25) is 0 Å². The zero-order valence-electron chi connectivity index (χ0n) is 38.0. The second-order valence-electron chi connectivity index (χ2n) is 16.7. The summed E-state index contributed by atoms with van der Waals surface area (Å²) in [5.74, 6) is -2.58. The lowest BCUT2D eigenvalue weighted by molar-refractivity contribution is -0.134. The van der Waals surface area contributed by atoms with E-state index in [2.05, 4.69) is 53.5 Å². The van der Waals surface area contributed by atoms with E-state index in [9.17, 15) is 24.0 Å². The van der Waals surface area contributed by atoms with Crippen molar-refractivity contribution in [2.24, 2.45) is 16.5 Å². The first-order valence-corrected chi connectivity index (χ1v) is 23.2. The maximum atomic E-state index is 14.5. The lowest BCUT2D eigenvalue weighted by Gasteiger charge is -2.27. The van der Waals surface area contributed by atoms with Gasteiger partial charge in [-0.05, 0) is 54.9 Å². The summed E-state index contributed by atoms with van der Waals surface area (Å²) in [6, 6.07) is 22.4. The van der Waals surface area contributed by atoms with Gasteiger partial charge >= 0.3 is 0 Å². The number of aliphatic imine (C=N–C) groups is 1. The number of aromatic amines is 2. The number of aryl methyl sites for hydroxylation is 1. The molecule has 0 saturated heterocycles. The molecule has 16 nitrogen and oxygen atoms in total. The second kappa shape index (κ2) is 27.4. The Morgan fingerprint density at radius 1 is 0.636 bits per heavy atom. The smallest absolute Gasteiger partial charge is 0.243 e. The van der Waals surface area contributed by atoms with Crippen molar-refractivity contribution in [1.29, 1.82) is 0 Å². The molecule has 0 aliphatic rings. The molecule has 2 aromatic heterocycles. The molecule has 0 aliphatic heterocycles. The standard InChI is InChI=1S/C50H67N11O5/c1-2-3-4-5-6-15-27-54-46(63)43(30-37-32-56-40-24-14-13-23-39(37)40)61-47(64)41(25-17-28-55-50(51)52)59-48(65)42(29-36-20-11-8-12-21-36)60-49(66)44(31-38-33-53-34-57-38)58-45(62)26-16-22-35-18-9-7-10-19-35/h7-14,18-21,23-24,32-34,41-44,56H,2-6,15-17,22,25-31H2,1H3,(H,53,57)(H,54,63)(H,58,62)(H,59,65)(H,60,66)(H,61,64)(H4,51,52,55)/t41-,42+,43-,44-/m0/s1. The van der Waals surface area contributed by atoms with Crippen LogP contribution in [0.15, 0.2) is 109 Å². The number of rotatable bonds is 29. The molecule has 5 amide bonds. The largest absolute Gasteiger partial charge is 0.370 e. The lowest BCUT2D eigenvalue weighted by atomic mass is 10.0. The summed E-state index contributed by atoms with van der Waals surface area (Å²) in [6.45, 7) is 2.81. The fourth-order valence-electron chi connectivity index (χ4n) is 7.81. The number of imidazole rings is 1. The number of nitrogens with two attached hydrogens (primary N) is 2. The predicted molar refractivity (Wildman–Crippen MR) is 258 cm³/mol. The Morgan fingerprint density at radius 3 is 1.95 bits per heavy atom. The fraction of sp³-hybridized carbons (Fsp3) is 0.420. The van der Waals surface area contributed by atoms with E-state index in [4.69, 9.17) is 11.5 Å². The summed E-state index contributed by atoms with van der Waals surface area (Å²) in [6.07, 6.45) is 13.5. The van der Waals surface area contributed by atoms with Gasteiger partial charge in [-0.15, -0.1) is 0 Å². The normalized spacial score (nSPS) is 12.9. The van der Waals surface area contributed by atoms with E-state index in [1.165, 1.54) is 12.7 Å². The van der Waals surface area contributed by atoms with Crippen LogP contribution in [-0.4, -0.2) is 87.7 Å². The monoisotopic (exact) mass is 902 g/mol. The highest BCUT2D eigenvalue weighted by Crippen LogP contribution is 2.20. The topological polar surface area (TPSA) is 254 Å². The molecule has 5 aromatic rings. The minimum absolute atomic E-state index is 0.0760. The molecule has 0 spiro atoms. The number of aromatic nitrogens is 3. The maximum Gasteiger partial charge on any atom is 0.243 e. The summed E-state index contributed by atoms with van der Waals surface area (Å²) < 4.78 is 0. The van der Waals surface area contributed by atoms with Gasteiger partial charge in [0, 0.05) is 67.8 Å². The summed E-state index contributed by atoms with van der Waals surface area (Å²) >= 11 is 0. The molecule has 352 valence electrons. The Hall–Kier alpha value is -6.97. The van der Waals surface area contributed by atoms with Gasteiger partial charge in [-0.3, -0.25) is 29.0 Å². The van der Waals surface area contributed by atoms with Crippen LogP contribution in [0, 0.1) is 0 Å². The number of nitrogens with zero attached hydrogens (tertiary/aromatic N) is 2. The molecular weight excluding hydrogens is 835 g/mol. The third-order valence-corrected chi connectivity index (χ3v) is 11.4. The minimum Gasteiger partial charge on any atom is -0.370 e. The Kier molecular flexibility index (Phi) is 20.8. The summed E-state index contributed by atoms with van der Waals surface area (Å²) in [4.78, 5) is 84.8. The van der Waals surface area contributed by atoms with Gasteiger partial charge in [0.1, 0.15) is 24.2 Å². The number of benzene rings is 3. The van der Waals surface area contributed by atoms with Crippen molar-refractivity contribution >= 4 is 46.4 Å². The Labute approximate surface area is 387 Å².